The largest absolute Gasteiger partial charge is 0.456 e. The van der Waals surface area contributed by atoms with Gasteiger partial charge >= 0.3 is 0 Å². The first kappa shape index (κ1) is 35.7. The maximum Gasteiger partial charge on any atom is 0.137 e. The fourth-order valence-corrected chi connectivity index (χ4v) is 10.4. The van der Waals surface area contributed by atoms with Crippen LogP contribution in [0, 0.1) is 0 Å². The number of fused-ring (bicyclic) bond motifs is 8. The Morgan fingerprint density at radius 1 is 0.302 bits per heavy atom. The minimum atomic E-state index is -0.112. The predicted octanol–water partition coefficient (Wildman–Crippen LogP) is 16.8. The van der Waals surface area contributed by atoms with Crippen molar-refractivity contribution in [3.05, 3.63) is 217 Å². The summed E-state index contributed by atoms with van der Waals surface area (Å²) in [6, 6.07) is 73.9. The lowest BCUT2D eigenvalue weighted by atomic mass is 9.82. The van der Waals surface area contributed by atoms with Crippen molar-refractivity contribution in [2.45, 2.75) is 19.3 Å². The van der Waals surface area contributed by atoms with Crippen molar-refractivity contribution in [2.75, 3.05) is 9.80 Å². The Labute approximate surface area is 366 Å². The van der Waals surface area contributed by atoms with E-state index in [-0.39, 0.29) is 5.41 Å². The molecule has 63 heavy (non-hydrogen) atoms. The van der Waals surface area contributed by atoms with Crippen molar-refractivity contribution in [3.8, 4) is 56.4 Å². The summed E-state index contributed by atoms with van der Waals surface area (Å²) in [4.78, 5) is 4.64. The second-order valence-corrected chi connectivity index (χ2v) is 17.3. The van der Waals surface area contributed by atoms with Crippen LogP contribution in [0.4, 0.5) is 34.1 Å². The van der Waals surface area contributed by atoms with Crippen LogP contribution in [0.15, 0.2) is 206 Å². The molecule has 0 saturated carbocycles. The van der Waals surface area contributed by atoms with E-state index in [2.05, 4.69) is 230 Å². The molecule has 0 amide bonds. The van der Waals surface area contributed by atoms with Gasteiger partial charge in [0, 0.05) is 73.6 Å². The number of nitrogens with zero attached hydrogens (tertiary/aromatic N) is 2. The van der Waals surface area contributed by atoms with Gasteiger partial charge in [0.05, 0.1) is 0 Å². The van der Waals surface area contributed by atoms with E-state index in [1.165, 1.54) is 33.0 Å². The average Bonchev–Trinajstić information content (AvgIpc) is 3.56. The molecule has 0 bridgehead atoms. The van der Waals surface area contributed by atoms with Crippen molar-refractivity contribution >= 4 is 55.7 Å². The van der Waals surface area contributed by atoms with E-state index in [9.17, 15) is 0 Å². The smallest absolute Gasteiger partial charge is 0.137 e. The first-order chi connectivity index (χ1) is 31.0. The molecular weight excluding hydrogens is 769 g/mol. The molecule has 4 nitrogen and oxygen atoms in total. The van der Waals surface area contributed by atoms with Gasteiger partial charge in [-0.1, -0.05) is 111 Å². The van der Waals surface area contributed by atoms with Crippen molar-refractivity contribution < 1.29 is 9.47 Å². The quantitative estimate of drug-likeness (QED) is 0.167. The Kier molecular flexibility index (Phi) is 7.62. The molecule has 0 N–H and O–H groups in total. The summed E-state index contributed by atoms with van der Waals surface area (Å²) in [7, 11) is 0. The molecule has 3 aliphatic rings. The molecule has 0 atom stereocenters. The third-order valence-electron chi connectivity index (χ3n) is 13.4. The summed E-state index contributed by atoms with van der Waals surface area (Å²) in [5, 5.41) is 4.55. The van der Waals surface area contributed by atoms with Crippen LogP contribution >= 0.6 is 0 Å². The third kappa shape index (κ3) is 5.41. The second kappa shape index (κ2) is 13.5. The lowest BCUT2D eigenvalue weighted by Gasteiger charge is -2.31. The maximum absolute atomic E-state index is 6.92. The molecule has 298 valence electrons. The van der Waals surface area contributed by atoms with Gasteiger partial charge in [-0.3, -0.25) is 0 Å². The molecule has 0 radical (unpaired) electrons. The van der Waals surface area contributed by atoms with Gasteiger partial charge in [0.1, 0.15) is 23.0 Å². The van der Waals surface area contributed by atoms with E-state index in [4.69, 9.17) is 9.47 Å². The van der Waals surface area contributed by atoms with Crippen LogP contribution in [0.25, 0.3) is 54.9 Å². The van der Waals surface area contributed by atoms with Gasteiger partial charge in [-0.05, 0) is 141 Å². The van der Waals surface area contributed by atoms with E-state index in [1.807, 2.05) is 0 Å². The molecule has 0 spiro atoms. The molecule has 1 aliphatic carbocycles. The topological polar surface area (TPSA) is 24.9 Å². The van der Waals surface area contributed by atoms with Crippen LogP contribution in [-0.4, -0.2) is 0 Å². The fraction of sp³-hybridized carbons (Fsp3) is 0.0508. The predicted molar refractivity (Wildman–Crippen MR) is 259 cm³/mol. The monoisotopic (exact) mass is 808 g/mol. The first-order valence-corrected chi connectivity index (χ1v) is 21.7. The minimum absolute atomic E-state index is 0.112. The van der Waals surface area contributed by atoms with Crippen molar-refractivity contribution in [1.29, 1.82) is 0 Å². The highest BCUT2D eigenvalue weighted by molar-refractivity contribution is 6.14. The van der Waals surface area contributed by atoms with Crippen LogP contribution in [-0.2, 0) is 5.41 Å². The molecule has 10 aromatic rings. The number of anilines is 6. The molecule has 4 heteroatoms. The molecule has 2 heterocycles. The van der Waals surface area contributed by atoms with Gasteiger partial charge in [0.15, 0.2) is 0 Å². The van der Waals surface area contributed by atoms with Gasteiger partial charge in [0.25, 0.3) is 0 Å². The van der Waals surface area contributed by atoms with Gasteiger partial charge in [0.2, 0.25) is 0 Å². The lowest BCUT2D eigenvalue weighted by Crippen LogP contribution is -2.16. The Bertz CT molecular complexity index is 3500. The summed E-state index contributed by atoms with van der Waals surface area (Å²) in [6.07, 6.45) is 0. The highest BCUT2D eigenvalue weighted by Gasteiger charge is 2.36. The van der Waals surface area contributed by atoms with E-state index in [1.54, 1.807) is 0 Å². The summed E-state index contributed by atoms with van der Waals surface area (Å²) in [5.41, 5.74) is 16.0. The van der Waals surface area contributed by atoms with Crippen LogP contribution < -0.4 is 19.3 Å². The summed E-state index contributed by atoms with van der Waals surface area (Å²) < 4.78 is 13.8. The van der Waals surface area contributed by atoms with Crippen molar-refractivity contribution in [1.82, 2.24) is 0 Å². The minimum Gasteiger partial charge on any atom is -0.456 e. The lowest BCUT2D eigenvalue weighted by molar-refractivity contribution is 0.480. The van der Waals surface area contributed by atoms with E-state index >= 15 is 0 Å². The fourth-order valence-electron chi connectivity index (χ4n) is 10.4. The zero-order valence-corrected chi connectivity index (χ0v) is 34.8. The number of hydrogen-bond donors (Lipinski definition) is 0. The number of benzene rings is 10. The first-order valence-electron chi connectivity index (χ1n) is 21.7. The van der Waals surface area contributed by atoms with Crippen molar-refractivity contribution in [2.24, 2.45) is 0 Å². The molecule has 0 saturated heterocycles. The number of hydrogen-bond acceptors (Lipinski definition) is 4. The molecule has 0 fully saturated rings. The number of ether oxygens (including phenoxy) is 2. The van der Waals surface area contributed by atoms with E-state index in [0.29, 0.717) is 0 Å². The summed E-state index contributed by atoms with van der Waals surface area (Å²) in [6.45, 7) is 4.67. The Balaban J connectivity index is 0.893. The van der Waals surface area contributed by atoms with Crippen LogP contribution in [0.5, 0.6) is 23.0 Å². The van der Waals surface area contributed by atoms with Crippen LogP contribution in [0.1, 0.15) is 25.0 Å². The number of rotatable bonds is 6. The molecule has 0 unspecified atom stereocenters. The Hall–Kier alpha value is -8.08. The van der Waals surface area contributed by atoms with Crippen molar-refractivity contribution in [3.63, 3.8) is 0 Å². The van der Waals surface area contributed by atoms with E-state index in [0.717, 1.165) is 90.1 Å². The van der Waals surface area contributed by atoms with Gasteiger partial charge in [-0.2, -0.15) is 0 Å². The Morgan fingerprint density at radius 3 is 1.35 bits per heavy atom. The van der Waals surface area contributed by atoms with Gasteiger partial charge in [-0.15, -0.1) is 0 Å². The highest BCUT2D eigenvalue weighted by atomic mass is 16.5. The number of para-hydroxylation sites is 2. The van der Waals surface area contributed by atoms with Gasteiger partial charge < -0.3 is 19.3 Å². The Morgan fingerprint density at radius 2 is 0.746 bits per heavy atom. The zero-order valence-electron chi connectivity index (χ0n) is 34.8. The average molecular weight is 809 g/mol. The maximum atomic E-state index is 6.92. The molecule has 0 aromatic heterocycles. The van der Waals surface area contributed by atoms with E-state index < -0.39 is 0 Å². The standard InChI is InChI=1S/C59H40N2O2/c1-59(2)51-20-12-11-19-45(51)46-26-23-42(34-52(46)59)61(40-17-7-4-8-18-40)44-25-28-48-50-30-31-53-57-49(29-32-54(58(50)57)63-56(48)36-44)47-27-24-43(35-55(47)62-53)60(39-15-5-3-6-16-39)41-22-21-37-13-9-10-14-38(37)33-41/h3-36H,1-2H3. The summed E-state index contributed by atoms with van der Waals surface area (Å²) in [5.74, 6) is 3.31. The SMILES string of the molecule is CC1(C)c2ccccc2-c2ccc(N(c3ccccc3)c3ccc4c(c3)Oc3ccc5c6c(ccc-4c36)Oc3cc(N(c4ccccc4)c4ccc6ccccc6c4)ccc3-5)cc21. The highest BCUT2D eigenvalue weighted by Crippen LogP contribution is 2.57. The van der Waals surface area contributed by atoms with Crippen LogP contribution in [0.2, 0.25) is 0 Å². The molecule has 10 aromatic carbocycles. The van der Waals surface area contributed by atoms with Gasteiger partial charge in [-0.25, -0.2) is 0 Å². The normalized spacial score (nSPS) is 13.3. The third-order valence-corrected chi connectivity index (χ3v) is 13.4. The summed E-state index contributed by atoms with van der Waals surface area (Å²) >= 11 is 0. The molecule has 13 rings (SSSR count). The zero-order chi connectivity index (χ0) is 41.8. The molecule has 2 aliphatic heterocycles. The molecular formula is C59H40N2O2. The van der Waals surface area contributed by atoms with Crippen LogP contribution in [0.3, 0.4) is 0 Å². The second-order valence-electron chi connectivity index (χ2n) is 17.3.